The van der Waals surface area contributed by atoms with Gasteiger partial charge in [0.2, 0.25) is 5.88 Å². The summed E-state index contributed by atoms with van der Waals surface area (Å²) in [5.41, 5.74) is 4.76. The zero-order valence-electron chi connectivity index (χ0n) is 14.6. The van der Waals surface area contributed by atoms with Crippen molar-refractivity contribution >= 4 is 33.7 Å². The quantitative estimate of drug-likeness (QED) is 0.479. The summed E-state index contributed by atoms with van der Waals surface area (Å²) in [5, 5.41) is 1.58. The lowest BCUT2D eigenvalue weighted by Crippen LogP contribution is -2.02. The molecule has 0 aliphatic rings. The molecule has 1 N–H and O–H groups in total. The summed E-state index contributed by atoms with van der Waals surface area (Å²) in [7, 11) is 0. The molecule has 6 nitrogen and oxygen atoms in total. The van der Waals surface area contributed by atoms with Crippen molar-refractivity contribution in [2.24, 2.45) is 0 Å². The van der Waals surface area contributed by atoms with Crippen LogP contribution in [0.5, 0.6) is 5.88 Å². The van der Waals surface area contributed by atoms with E-state index in [-0.39, 0.29) is 0 Å². The Hall–Kier alpha value is -3.51. The van der Waals surface area contributed by atoms with Gasteiger partial charge in [0.15, 0.2) is 11.2 Å². The van der Waals surface area contributed by atoms with Crippen molar-refractivity contribution in [2.75, 3.05) is 0 Å². The zero-order chi connectivity index (χ0) is 18.9. The van der Waals surface area contributed by atoms with Gasteiger partial charge in [-0.2, -0.15) is 4.98 Å². The van der Waals surface area contributed by atoms with E-state index in [1.54, 1.807) is 6.33 Å². The first kappa shape index (κ1) is 16.6. The second-order valence-corrected chi connectivity index (χ2v) is 6.65. The minimum Gasteiger partial charge on any atom is -0.471 e. The maximum atomic E-state index is 6.37. The van der Waals surface area contributed by atoms with Crippen LogP contribution in [0.25, 0.3) is 33.3 Å². The maximum absolute atomic E-state index is 6.37. The third kappa shape index (κ3) is 2.93. The van der Waals surface area contributed by atoms with E-state index < -0.39 is 0 Å². The molecule has 0 saturated heterocycles. The highest BCUT2D eigenvalue weighted by atomic mass is 35.5. The number of H-pyrrole nitrogens is 1. The van der Waals surface area contributed by atoms with E-state index in [1.807, 2.05) is 48.5 Å². The molecule has 28 heavy (non-hydrogen) atoms. The Balaban J connectivity index is 1.60. The number of halogens is 1. The molecular weight excluding hydrogens is 374 g/mol. The lowest BCUT2D eigenvalue weighted by molar-refractivity contribution is 0.297. The highest BCUT2D eigenvalue weighted by molar-refractivity contribution is 6.35. The molecule has 2 aromatic carbocycles. The number of aromatic amines is 1. The van der Waals surface area contributed by atoms with Gasteiger partial charge in [0.1, 0.15) is 12.9 Å². The molecule has 5 aromatic rings. The number of nitrogens with zero attached hydrogens (tertiary/aromatic N) is 4. The van der Waals surface area contributed by atoms with Crippen LogP contribution in [-0.4, -0.2) is 24.9 Å². The van der Waals surface area contributed by atoms with E-state index in [9.17, 15) is 0 Å². The molecule has 5 rings (SSSR count). The summed E-state index contributed by atoms with van der Waals surface area (Å²) in [6.45, 7) is 0.290. The second kappa shape index (κ2) is 6.90. The number of para-hydroxylation sites is 1. The number of imidazole rings is 1. The van der Waals surface area contributed by atoms with E-state index in [1.165, 1.54) is 6.33 Å². The van der Waals surface area contributed by atoms with Gasteiger partial charge in [-0.15, -0.1) is 0 Å². The fourth-order valence-corrected chi connectivity index (χ4v) is 3.38. The maximum Gasteiger partial charge on any atom is 0.245 e. The van der Waals surface area contributed by atoms with Gasteiger partial charge in [-0.05, 0) is 12.1 Å². The van der Waals surface area contributed by atoms with Crippen LogP contribution in [0.3, 0.4) is 0 Å². The first-order chi connectivity index (χ1) is 13.8. The number of hydrogen-bond donors (Lipinski definition) is 1. The van der Waals surface area contributed by atoms with Crippen LogP contribution in [0.1, 0.15) is 5.56 Å². The fourth-order valence-electron chi connectivity index (χ4n) is 3.16. The predicted octanol–water partition coefficient (Wildman–Crippen LogP) is 4.80. The highest BCUT2D eigenvalue weighted by Gasteiger charge is 2.14. The summed E-state index contributed by atoms with van der Waals surface area (Å²) in [6.07, 6.45) is 3.02. The average molecular weight is 388 g/mol. The van der Waals surface area contributed by atoms with Gasteiger partial charge >= 0.3 is 0 Å². The van der Waals surface area contributed by atoms with Gasteiger partial charge in [0.05, 0.1) is 22.6 Å². The number of hydrogen-bond acceptors (Lipinski definition) is 5. The van der Waals surface area contributed by atoms with Gasteiger partial charge in [0, 0.05) is 16.5 Å². The van der Waals surface area contributed by atoms with E-state index in [0.717, 1.165) is 27.7 Å². The Kier molecular flexibility index (Phi) is 4.10. The molecule has 7 heteroatoms. The van der Waals surface area contributed by atoms with Crippen molar-refractivity contribution in [1.29, 1.82) is 0 Å². The smallest absolute Gasteiger partial charge is 0.245 e. The summed E-state index contributed by atoms with van der Waals surface area (Å²) < 4.78 is 6.00. The molecule has 3 heterocycles. The van der Waals surface area contributed by atoms with Crippen LogP contribution in [0, 0.1) is 0 Å². The molecule has 0 atom stereocenters. The topological polar surface area (TPSA) is 76.6 Å². The molecule has 0 unspecified atom stereocenters. The first-order valence-electron chi connectivity index (χ1n) is 8.70. The van der Waals surface area contributed by atoms with Gasteiger partial charge in [-0.1, -0.05) is 54.1 Å². The third-order valence-corrected chi connectivity index (χ3v) is 4.78. The molecule has 0 saturated carbocycles. The lowest BCUT2D eigenvalue weighted by atomic mass is 10.0. The summed E-state index contributed by atoms with van der Waals surface area (Å²) in [4.78, 5) is 20.4. The molecule has 136 valence electrons. The van der Waals surface area contributed by atoms with Crippen molar-refractivity contribution in [3.63, 3.8) is 0 Å². The molecule has 0 fully saturated rings. The Morgan fingerprint density at radius 1 is 0.929 bits per heavy atom. The van der Waals surface area contributed by atoms with Gasteiger partial charge in [-0.3, -0.25) is 0 Å². The van der Waals surface area contributed by atoms with Gasteiger partial charge in [0.25, 0.3) is 0 Å². The second-order valence-electron chi connectivity index (χ2n) is 6.24. The SMILES string of the molecule is Clc1cccc2cc(COc3ncnc4[nH]cnc34)c(-c3ccccc3)nc12. The van der Waals surface area contributed by atoms with Crippen molar-refractivity contribution in [1.82, 2.24) is 24.9 Å². The Morgan fingerprint density at radius 3 is 2.71 bits per heavy atom. The molecule has 3 aromatic heterocycles. The van der Waals surface area contributed by atoms with Crippen molar-refractivity contribution in [3.05, 3.63) is 77.8 Å². The van der Waals surface area contributed by atoms with Gasteiger partial charge < -0.3 is 9.72 Å². The molecular formula is C21H14ClN5O. The van der Waals surface area contributed by atoms with Crippen molar-refractivity contribution in [3.8, 4) is 17.1 Å². The summed E-state index contributed by atoms with van der Waals surface area (Å²) >= 11 is 6.37. The third-order valence-electron chi connectivity index (χ3n) is 4.47. The molecule has 0 aliphatic carbocycles. The van der Waals surface area contributed by atoms with Crippen LogP contribution in [-0.2, 0) is 6.61 Å². The Bertz CT molecular complexity index is 1290. The van der Waals surface area contributed by atoms with Crippen LogP contribution in [0.4, 0.5) is 0 Å². The van der Waals surface area contributed by atoms with Crippen LogP contribution in [0.15, 0.2) is 67.3 Å². The van der Waals surface area contributed by atoms with Crippen molar-refractivity contribution < 1.29 is 4.74 Å². The summed E-state index contributed by atoms with van der Waals surface area (Å²) in [5.74, 6) is 0.427. The first-order valence-corrected chi connectivity index (χ1v) is 9.08. The zero-order valence-corrected chi connectivity index (χ0v) is 15.4. The van der Waals surface area contributed by atoms with Gasteiger partial charge in [-0.25, -0.2) is 15.0 Å². The number of nitrogens with one attached hydrogen (secondary N) is 1. The molecule has 0 spiro atoms. The van der Waals surface area contributed by atoms with E-state index in [0.29, 0.717) is 28.7 Å². The number of aromatic nitrogens is 5. The van der Waals surface area contributed by atoms with Crippen LogP contribution in [0.2, 0.25) is 5.02 Å². The molecule has 0 radical (unpaired) electrons. The van der Waals surface area contributed by atoms with E-state index >= 15 is 0 Å². The number of fused-ring (bicyclic) bond motifs is 2. The lowest BCUT2D eigenvalue weighted by Gasteiger charge is -2.12. The minimum absolute atomic E-state index is 0.290. The Morgan fingerprint density at radius 2 is 1.82 bits per heavy atom. The van der Waals surface area contributed by atoms with Crippen LogP contribution >= 0.6 is 11.6 Å². The largest absolute Gasteiger partial charge is 0.471 e. The normalized spacial score (nSPS) is 11.2. The minimum atomic E-state index is 0.290. The van der Waals surface area contributed by atoms with E-state index in [2.05, 4.69) is 26.0 Å². The highest BCUT2D eigenvalue weighted by Crippen LogP contribution is 2.30. The average Bonchev–Trinajstić information content (AvgIpc) is 3.22. The predicted molar refractivity (Wildman–Crippen MR) is 108 cm³/mol. The number of ether oxygens (including phenoxy) is 1. The Labute approximate surface area is 165 Å². The molecule has 0 amide bonds. The number of benzene rings is 2. The standard InChI is InChI=1S/C21H14ClN5O/c22-16-8-4-7-14-9-15(17(27-18(14)16)13-5-2-1-3-6-13)10-28-21-19-20(24-11-23-19)25-12-26-21/h1-9,11-12H,10H2,(H,23,24,25,26). The monoisotopic (exact) mass is 387 g/mol. The number of pyridine rings is 1. The summed E-state index contributed by atoms with van der Waals surface area (Å²) in [6, 6.07) is 17.8. The van der Waals surface area contributed by atoms with E-state index in [4.69, 9.17) is 21.3 Å². The molecule has 0 aliphatic heterocycles. The fraction of sp³-hybridized carbons (Fsp3) is 0.0476. The molecule has 0 bridgehead atoms. The number of rotatable bonds is 4. The van der Waals surface area contributed by atoms with Crippen LogP contribution < -0.4 is 4.74 Å². The van der Waals surface area contributed by atoms with Crippen molar-refractivity contribution in [2.45, 2.75) is 6.61 Å².